The molecule has 0 bridgehead atoms. The lowest BCUT2D eigenvalue weighted by Gasteiger charge is -2.15. The van der Waals surface area contributed by atoms with Crippen LogP contribution in [-0.4, -0.2) is 24.9 Å². The molecule has 0 aromatic carbocycles. The lowest BCUT2D eigenvalue weighted by Crippen LogP contribution is -2.13. The zero-order chi connectivity index (χ0) is 9.84. The third-order valence-electron chi connectivity index (χ3n) is 1.76. The molecule has 0 amide bonds. The summed E-state index contributed by atoms with van der Waals surface area (Å²) in [6, 6.07) is 3.84. The summed E-state index contributed by atoms with van der Waals surface area (Å²) in [5.74, 6) is 0.141. The Labute approximate surface area is 78.4 Å². The lowest BCUT2D eigenvalue weighted by molar-refractivity contribution is -0.116. The van der Waals surface area contributed by atoms with Gasteiger partial charge in [0.15, 0.2) is 0 Å². The zero-order valence-corrected chi connectivity index (χ0v) is 8.24. The van der Waals surface area contributed by atoms with Crippen LogP contribution in [0.4, 0.5) is 5.69 Å². The summed E-state index contributed by atoms with van der Waals surface area (Å²) in [5, 5.41) is 0. The molecule has 0 aliphatic rings. The number of carbonyl (C=O) groups is 1. The number of ketones is 1. The van der Waals surface area contributed by atoms with Crippen LogP contribution in [-0.2, 0) is 11.2 Å². The summed E-state index contributed by atoms with van der Waals surface area (Å²) in [5.41, 5.74) is 1.86. The van der Waals surface area contributed by atoms with Gasteiger partial charge in [-0.15, -0.1) is 0 Å². The minimum Gasteiger partial charge on any atom is -0.376 e. The van der Waals surface area contributed by atoms with Crippen molar-refractivity contribution < 1.29 is 4.79 Å². The van der Waals surface area contributed by atoms with Crippen molar-refractivity contribution in [3.63, 3.8) is 0 Å². The van der Waals surface area contributed by atoms with Crippen LogP contribution < -0.4 is 4.90 Å². The maximum absolute atomic E-state index is 10.9. The molecule has 1 aromatic rings. The number of hydrogen-bond acceptors (Lipinski definition) is 3. The van der Waals surface area contributed by atoms with Crippen molar-refractivity contribution in [2.75, 3.05) is 19.0 Å². The standard InChI is InChI=1S/C10H14N2O/c1-8(13)7-9-10(12(2)3)5-4-6-11-9/h4-6H,7H2,1-3H3. The molecule has 3 nitrogen and oxygen atoms in total. The van der Waals surface area contributed by atoms with Gasteiger partial charge in [0.2, 0.25) is 0 Å². The molecular formula is C10H14N2O. The van der Waals surface area contributed by atoms with Crippen molar-refractivity contribution in [3.05, 3.63) is 24.0 Å². The van der Waals surface area contributed by atoms with Crippen LogP contribution in [0.5, 0.6) is 0 Å². The van der Waals surface area contributed by atoms with E-state index in [1.54, 1.807) is 13.1 Å². The molecule has 0 saturated carbocycles. The van der Waals surface area contributed by atoms with Gasteiger partial charge in [-0.1, -0.05) is 0 Å². The molecule has 0 saturated heterocycles. The van der Waals surface area contributed by atoms with Crippen molar-refractivity contribution in [3.8, 4) is 0 Å². The van der Waals surface area contributed by atoms with E-state index in [0.29, 0.717) is 6.42 Å². The highest BCUT2D eigenvalue weighted by Crippen LogP contribution is 2.15. The van der Waals surface area contributed by atoms with Crippen molar-refractivity contribution in [2.45, 2.75) is 13.3 Å². The average molecular weight is 178 g/mol. The van der Waals surface area contributed by atoms with Gasteiger partial charge in [-0.2, -0.15) is 0 Å². The summed E-state index contributed by atoms with van der Waals surface area (Å²) >= 11 is 0. The van der Waals surface area contributed by atoms with Gasteiger partial charge in [-0.05, 0) is 19.1 Å². The van der Waals surface area contributed by atoms with Gasteiger partial charge < -0.3 is 4.90 Å². The molecule has 0 fully saturated rings. The smallest absolute Gasteiger partial charge is 0.135 e. The minimum absolute atomic E-state index is 0.141. The van der Waals surface area contributed by atoms with E-state index in [-0.39, 0.29) is 5.78 Å². The predicted molar refractivity (Wildman–Crippen MR) is 52.9 cm³/mol. The number of hydrogen-bond donors (Lipinski definition) is 0. The summed E-state index contributed by atoms with van der Waals surface area (Å²) in [4.78, 5) is 17.1. The summed E-state index contributed by atoms with van der Waals surface area (Å²) in [6.45, 7) is 1.58. The number of pyridine rings is 1. The van der Waals surface area contributed by atoms with Crippen molar-refractivity contribution in [1.29, 1.82) is 0 Å². The maximum Gasteiger partial charge on any atom is 0.135 e. The van der Waals surface area contributed by atoms with E-state index in [9.17, 15) is 4.79 Å². The van der Waals surface area contributed by atoms with E-state index in [4.69, 9.17) is 0 Å². The van der Waals surface area contributed by atoms with Crippen LogP contribution in [0.1, 0.15) is 12.6 Å². The molecule has 0 spiro atoms. The van der Waals surface area contributed by atoms with Gasteiger partial charge in [0, 0.05) is 20.3 Å². The first-order valence-electron chi connectivity index (χ1n) is 4.22. The van der Waals surface area contributed by atoms with E-state index >= 15 is 0 Å². The SMILES string of the molecule is CC(=O)Cc1ncccc1N(C)C. The Bertz CT molecular complexity index is 308. The molecule has 1 rings (SSSR count). The van der Waals surface area contributed by atoms with Gasteiger partial charge in [0.25, 0.3) is 0 Å². The Kier molecular flexibility index (Phi) is 3.01. The van der Waals surface area contributed by atoms with Crippen LogP contribution in [0.2, 0.25) is 0 Å². The normalized spacial score (nSPS) is 9.77. The third-order valence-corrected chi connectivity index (χ3v) is 1.76. The zero-order valence-electron chi connectivity index (χ0n) is 8.24. The fraction of sp³-hybridized carbons (Fsp3) is 0.400. The summed E-state index contributed by atoms with van der Waals surface area (Å²) in [6.07, 6.45) is 2.12. The van der Waals surface area contributed by atoms with Gasteiger partial charge in [-0.3, -0.25) is 9.78 Å². The van der Waals surface area contributed by atoms with E-state index in [1.165, 1.54) is 0 Å². The van der Waals surface area contributed by atoms with E-state index in [2.05, 4.69) is 4.98 Å². The first-order chi connectivity index (χ1) is 6.11. The van der Waals surface area contributed by atoms with Crippen molar-refractivity contribution in [2.24, 2.45) is 0 Å². The largest absolute Gasteiger partial charge is 0.376 e. The highest BCUT2D eigenvalue weighted by atomic mass is 16.1. The summed E-state index contributed by atoms with van der Waals surface area (Å²) < 4.78 is 0. The molecule has 13 heavy (non-hydrogen) atoms. The fourth-order valence-corrected chi connectivity index (χ4v) is 1.21. The quantitative estimate of drug-likeness (QED) is 0.699. The molecule has 0 aliphatic carbocycles. The monoisotopic (exact) mass is 178 g/mol. The molecule has 0 N–H and O–H groups in total. The number of Topliss-reactive ketones (excluding diaryl/α,β-unsaturated/α-hetero) is 1. The lowest BCUT2D eigenvalue weighted by atomic mass is 10.2. The van der Waals surface area contributed by atoms with Crippen LogP contribution in [0.25, 0.3) is 0 Å². The molecule has 0 unspecified atom stereocenters. The second-order valence-corrected chi connectivity index (χ2v) is 3.24. The summed E-state index contributed by atoms with van der Waals surface area (Å²) in [7, 11) is 3.89. The topological polar surface area (TPSA) is 33.2 Å². The fourth-order valence-electron chi connectivity index (χ4n) is 1.21. The Morgan fingerprint density at radius 1 is 1.54 bits per heavy atom. The number of anilines is 1. The number of carbonyl (C=O) groups excluding carboxylic acids is 1. The first-order valence-corrected chi connectivity index (χ1v) is 4.22. The highest BCUT2D eigenvalue weighted by molar-refractivity contribution is 5.79. The molecule has 3 heteroatoms. The molecule has 0 radical (unpaired) electrons. The number of nitrogens with zero attached hydrogens (tertiary/aromatic N) is 2. The van der Waals surface area contributed by atoms with E-state index < -0.39 is 0 Å². The Hall–Kier alpha value is -1.38. The molecule has 0 aliphatic heterocycles. The molecule has 1 heterocycles. The molecule has 70 valence electrons. The predicted octanol–water partition coefficient (Wildman–Crippen LogP) is 1.28. The van der Waals surface area contributed by atoms with Crippen LogP contribution in [0.3, 0.4) is 0 Å². The number of aromatic nitrogens is 1. The molecule has 1 aromatic heterocycles. The first kappa shape index (κ1) is 9.71. The van der Waals surface area contributed by atoms with Gasteiger partial charge in [0.1, 0.15) is 5.78 Å². The van der Waals surface area contributed by atoms with Gasteiger partial charge in [-0.25, -0.2) is 0 Å². The minimum atomic E-state index is 0.141. The third kappa shape index (κ3) is 2.54. The van der Waals surface area contributed by atoms with Crippen molar-refractivity contribution in [1.82, 2.24) is 4.98 Å². The van der Waals surface area contributed by atoms with Gasteiger partial charge in [0.05, 0.1) is 17.8 Å². The molecule has 0 atom stereocenters. The van der Waals surface area contributed by atoms with Crippen LogP contribution in [0.15, 0.2) is 18.3 Å². The second-order valence-electron chi connectivity index (χ2n) is 3.24. The number of rotatable bonds is 3. The van der Waals surface area contributed by atoms with Crippen molar-refractivity contribution >= 4 is 11.5 Å². The average Bonchev–Trinajstić information content (AvgIpc) is 2.03. The molecular weight excluding hydrogens is 164 g/mol. The Morgan fingerprint density at radius 2 is 2.23 bits per heavy atom. The maximum atomic E-state index is 10.9. The van der Waals surface area contributed by atoms with Crippen LogP contribution >= 0.6 is 0 Å². The Morgan fingerprint density at radius 3 is 2.77 bits per heavy atom. The Balaban J connectivity index is 2.97. The second kappa shape index (κ2) is 4.03. The van der Waals surface area contributed by atoms with Gasteiger partial charge >= 0.3 is 0 Å². The van der Waals surface area contributed by atoms with E-state index in [0.717, 1.165) is 11.4 Å². The highest BCUT2D eigenvalue weighted by Gasteiger charge is 2.06. The van der Waals surface area contributed by atoms with Crippen LogP contribution in [0, 0.1) is 0 Å². The van der Waals surface area contributed by atoms with E-state index in [1.807, 2.05) is 31.1 Å².